The topological polar surface area (TPSA) is 66.3 Å². The third kappa shape index (κ3) is 2.81. The highest BCUT2D eigenvalue weighted by atomic mass is 32.2. The molecule has 2 aromatic rings. The Kier molecular flexibility index (Phi) is 3.71. The Balaban J connectivity index is 2.04. The fourth-order valence-corrected chi connectivity index (χ4v) is 4.10. The van der Waals surface area contributed by atoms with Crippen LogP contribution in [0.2, 0.25) is 0 Å². The highest BCUT2D eigenvalue weighted by Crippen LogP contribution is 2.31. The van der Waals surface area contributed by atoms with Crippen molar-refractivity contribution < 1.29 is 9.90 Å². The Hall–Kier alpha value is -1.82. The quantitative estimate of drug-likeness (QED) is 0.920. The van der Waals surface area contributed by atoms with Gasteiger partial charge < -0.3 is 10.0 Å². The van der Waals surface area contributed by atoms with Crippen LogP contribution in [0.1, 0.15) is 24.2 Å². The zero-order chi connectivity index (χ0) is 15.0. The van der Waals surface area contributed by atoms with Gasteiger partial charge in [-0.15, -0.1) is 0 Å². The molecule has 2 unspecified atom stereocenters. The number of carboxylic acid groups (broad SMARTS) is 1. The van der Waals surface area contributed by atoms with Gasteiger partial charge in [0.2, 0.25) is 0 Å². The number of hydrogen-bond donors (Lipinski definition) is 1. The molecule has 1 aliphatic heterocycles. The number of carboxylic acids is 1. The first-order valence-electron chi connectivity index (χ1n) is 6.93. The van der Waals surface area contributed by atoms with Crippen molar-refractivity contribution in [3.63, 3.8) is 0 Å². The summed E-state index contributed by atoms with van der Waals surface area (Å²) < 4.78 is 0. The van der Waals surface area contributed by atoms with Crippen LogP contribution in [0.25, 0.3) is 10.9 Å². The van der Waals surface area contributed by atoms with Gasteiger partial charge in [-0.25, -0.2) is 14.8 Å². The molecule has 0 amide bonds. The molecular weight excluding hydrogens is 286 g/mol. The predicted octanol–water partition coefficient (Wildman–Crippen LogP) is 2.66. The molecule has 1 aliphatic rings. The Bertz CT molecular complexity index is 682. The standard InChI is InChI=1S/C15H17N3O2S/c1-9-6-18(7-10(2)21-9)14-12-4-3-11(15(19)20)5-13(12)16-8-17-14/h3-5,8-10H,6-7H2,1-2H3,(H,19,20). The predicted molar refractivity (Wildman–Crippen MR) is 85.2 cm³/mol. The zero-order valence-electron chi connectivity index (χ0n) is 12.0. The lowest BCUT2D eigenvalue weighted by Crippen LogP contribution is -2.41. The van der Waals surface area contributed by atoms with Crippen LogP contribution >= 0.6 is 11.8 Å². The van der Waals surface area contributed by atoms with Crippen molar-refractivity contribution in [2.24, 2.45) is 0 Å². The van der Waals surface area contributed by atoms with E-state index in [1.165, 1.54) is 6.33 Å². The first-order chi connectivity index (χ1) is 10.0. The van der Waals surface area contributed by atoms with E-state index in [1.54, 1.807) is 12.1 Å². The molecule has 1 aromatic carbocycles. The number of rotatable bonds is 2. The van der Waals surface area contributed by atoms with E-state index in [4.69, 9.17) is 5.11 Å². The minimum Gasteiger partial charge on any atom is -0.478 e. The first kappa shape index (κ1) is 14.1. The third-order valence-corrected chi connectivity index (χ3v) is 4.81. The number of thioether (sulfide) groups is 1. The third-order valence-electron chi connectivity index (χ3n) is 3.58. The summed E-state index contributed by atoms with van der Waals surface area (Å²) in [6.45, 7) is 6.34. The van der Waals surface area contributed by atoms with Gasteiger partial charge in [-0.05, 0) is 18.2 Å². The number of aromatic nitrogens is 2. The molecule has 3 rings (SSSR count). The smallest absolute Gasteiger partial charge is 0.335 e. The van der Waals surface area contributed by atoms with Crippen molar-refractivity contribution in [3.05, 3.63) is 30.1 Å². The van der Waals surface area contributed by atoms with Crippen molar-refractivity contribution >= 4 is 34.5 Å². The second-order valence-electron chi connectivity index (χ2n) is 5.40. The highest BCUT2D eigenvalue weighted by molar-refractivity contribution is 8.00. The lowest BCUT2D eigenvalue weighted by molar-refractivity contribution is 0.0697. The fourth-order valence-electron chi connectivity index (χ4n) is 2.78. The number of aromatic carboxylic acids is 1. The lowest BCUT2D eigenvalue weighted by atomic mass is 10.1. The molecule has 0 spiro atoms. The molecule has 21 heavy (non-hydrogen) atoms. The molecule has 6 heteroatoms. The Morgan fingerprint density at radius 2 is 2.00 bits per heavy atom. The number of anilines is 1. The van der Waals surface area contributed by atoms with Gasteiger partial charge in [-0.3, -0.25) is 0 Å². The summed E-state index contributed by atoms with van der Waals surface area (Å²) in [5, 5.41) is 11.1. The molecule has 1 aromatic heterocycles. The SMILES string of the molecule is CC1CN(c2ncnc3cc(C(=O)O)ccc23)CC(C)S1. The van der Waals surface area contributed by atoms with E-state index in [-0.39, 0.29) is 5.56 Å². The monoisotopic (exact) mass is 303 g/mol. The van der Waals surface area contributed by atoms with Gasteiger partial charge in [0.1, 0.15) is 12.1 Å². The molecule has 0 saturated carbocycles. The summed E-state index contributed by atoms with van der Waals surface area (Å²) >= 11 is 1.99. The Morgan fingerprint density at radius 1 is 1.29 bits per heavy atom. The molecule has 1 saturated heterocycles. The van der Waals surface area contributed by atoms with Crippen molar-refractivity contribution in [1.29, 1.82) is 0 Å². The van der Waals surface area contributed by atoms with Crippen LogP contribution in [0.5, 0.6) is 0 Å². The molecule has 0 radical (unpaired) electrons. The van der Waals surface area contributed by atoms with E-state index in [0.717, 1.165) is 24.3 Å². The van der Waals surface area contributed by atoms with Gasteiger partial charge in [-0.2, -0.15) is 11.8 Å². The number of nitrogens with zero attached hydrogens (tertiary/aromatic N) is 3. The van der Waals surface area contributed by atoms with Crippen LogP contribution in [0.4, 0.5) is 5.82 Å². The maximum Gasteiger partial charge on any atom is 0.335 e. The maximum atomic E-state index is 11.1. The van der Waals surface area contributed by atoms with E-state index in [1.807, 2.05) is 17.8 Å². The first-order valence-corrected chi connectivity index (χ1v) is 7.87. The largest absolute Gasteiger partial charge is 0.478 e. The Labute approximate surface area is 127 Å². The van der Waals surface area contributed by atoms with Crippen LogP contribution in [0, 0.1) is 0 Å². The minimum absolute atomic E-state index is 0.253. The number of carbonyl (C=O) groups is 1. The zero-order valence-corrected chi connectivity index (χ0v) is 12.8. The molecule has 1 N–H and O–H groups in total. The second-order valence-corrected chi connectivity index (χ2v) is 7.28. The van der Waals surface area contributed by atoms with E-state index >= 15 is 0 Å². The minimum atomic E-state index is -0.936. The Morgan fingerprint density at radius 3 is 2.67 bits per heavy atom. The number of hydrogen-bond acceptors (Lipinski definition) is 5. The normalized spacial score (nSPS) is 22.5. The molecular formula is C15H17N3O2S. The van der Waals surface area contributed by atoms with Crippen molar-refractivity contribution in [3.8, 4) is 0 Å². The van der Waals surface area contributed by atoms with Crippen LogP contribution in [0.3, 0.4) is 0 Å². The van der Waals surface area contributed by atoms with E-state index in [9.17, 15) is 4.79 Å². The molecule has 5 nitrogen and oxygen atoms in total. The summed E-state index contributed by atoms with van der Waals surface area (Å²) in [5.41, 5.74) is 0.932. The molecule has 0 aliphatic carbocycles. The summed E-state index contributed by atoms with van der Waals surface area (Å²) in [4.78, 5) is 22.0. The van der Waals surface area contributed by atoms with Crippen molar-refractivity contribution in [1.82, 2.24) is 9.97 Å². The number of benzene rings is 1. The second kappa shape index (κ2) is 5.52. The fraction of sp³-hybridized carbons (Fsp3) is 0.400. The van der Waals surface area contributed by atoms with Crippen LogP contribution in [-0.2, 0) is 0 Å². The molecule has 2 atom stereocenters. The van der Waals surface area contributed by atoms with E-state index in [2.05, 4.69) is 28.7 Å². The van der Waals surface area contributed by atoms with Crippen molar-refractivity contribution in [2.45, 2.75) is 24.3 Å². The molecule has 1 fully saturated rings. The van der Waals surface area contributed by atoms with Gasteiger partial charge in [0.25, 0.3) is 0 Å². The van der Waals surface area contributed by atoms with Gasteiger partial charge in [0, 0.05) is 29.0 Å². The van der Waals surface area contributed by atoms with Gasteiger partial charge in [-0.1, -0.05) is 13.8 Å². The van der Waals surface area contributed by atoms with Gasteiger partial charge in [0.05, 0.1) is 11.1 Å². The maximum absolute atomic E-state index is 11.1. The van der Waals surface area contributed by atoms with Gasteiger partial charge >= 0.3 is 5.97 Å². The van der Waals surface area contributed by atoms with E-state index in [0.29, 0.717) is 16.0 Å². The van der Waals surface area contributed by atoms with Crippen molar-refractivity contribution in [2.75, 3.05) is 18.0 Å². The van der Waals surface area contributed by atoms with Crippen LogP contribution in [-0.4, -0.2) is 44.6 Å². The average Bonchev–Trinajstić information content (AvgIpc) is 2.45. The summed E-state index contributed by atoms with van der Waals surface area (Å²) in [7, 11) is 0. The van der Waals surface area contributed by atoms with Crippen LogP contribution in [0.15, 0.2) is 24.5 Å². The highest BCUT2D eigenvalue weighted by Gasteiger charge is 2.24. The molecule has 110 valence electrons. The molecule has 0 bridgehead atoms. The summed E-state index contributed by atoms with van der Waals surface area (Å²) in [6, 6.07) is 5.03. The molecule has 2 heterocycles. The lowest BCUT2D eigenvalue weighted by Gasteiger charge is -2.35. The van der Waals surface area contributed by atoms with E-state index < -0.39 is 5.97 Å². The summed E-state index contributed by atoms with van der Waals surface area (Å²) in [5.74, 6) is -0.0374. The number of fused-ring (bicyclic) bond motifs is 1. The average molecular weight is 303 g/mol. The van der Waals surface area contributed by atoms with Gasteiger partial charge in [0.15, 0.2) is 0 Å². The van der Waals surface area contributed by atoms with Crippen LogP contribution < -0.4 is 4.90 Å². The summed E-state index contributed by atoms with van der Waals surface area (Å²) in [6.07, 6.45) is 1.51.